The van der Waals surface area contributed by atoms with Crippen LogP contribution >= 0.6 is 0 Å². The van der Waals surface area contributed by atoms with E-state index >= 15 is 0 Å². The molecule has 4 aromatic rings. The molecule has 40 heavy (non-hydrogen) atoms. The Labute approximate surface area is 234 Å². The average Bonchev–Trinajstić information content (AvgIpc) is 3.80. The van der Waals surface area contributed by atoms with E-state index < -0.39 is 6.10 Å². The standard InChI is InChI=1S/C32H35N5O3/c1-19-17-37(18-20(2)40-19)31-6-4-5-28(36-31)29-12-10-24-15-33-25(14-30(24)35-29)16-34-32(39)23-9-11-26(22-7-8-22)27(13-23)21(3)38/h4-6,9-15,19-22,38H,7-8,16-18H2,1-3H3,(H,34,39)/t19-,20+,21-/m0/s1. The van der Waals surface area contributed by atoms with E-state index in [1.165, 1.54) is 0 Å². The van der Waals surface area contributed by atoms with Gasteiger partial charge in [0.1, 0.15) is 5.82 Å². The van der Waals surface area contributed by atoms with Crippen molar-refractivity contribution >= 4 is 22.6 Å². The topological polar surface area (TPSA) is 100 Å². The molecule has 2 N–H and O–H groups in total. The monoisotopic (exact) mass is 537 g/mol. The summed E-state index contributed by atoms with van der Waals surface area (Å²) in [5.41, 5.74) is 5.63. The number of anilines is 1. The molecule has 0 spiro atoms. The highest BCUT2D eigenvalue weighted by Gasteiger charge is 2.28. The van der Waals surface area contributed by atoms with Gasteiger partial charge in [-0.15, -0.1) is 0 Å². The number of carbonyl (C=O) groups excluding carboxylic acids is 1. The molecule has 3 aromatic heterocycles. The number of hydrogen-bond acceptors (Lipinski definition) is 7. The van der Waals surface area contributed by atoms with Crippen LogP contribution in [0.1, 0.15) is 72.8 Å². The molecular formula is C32H35N5O3. The van der Waals surface area contributed by atoms with Gasteiger partial charge in [-0.1, -0.05) is 12.1 Å². The molecule has 1 saturated carbocycles. The van der Waals surface area contributed by atoms with Gasteiger partial charge in [0.15, 0.2) is 0 Å². The minimum absolute atomic E-state index is 0.154. The molecule has 1 aliphatic carbocycles. The summed E-state index contributed by atoms with van der Waals surface area (Å²) in [7, 11) is 0. The third kappa shape index (κ3) is 5.69. The minimum Gasteiger partial charge on any atom is -0.389 e. The maximum absolute atomic E-state index is 12.9. The van der Waals surface area contributed by atoms with E-state index in [2.05, 4.69) is 29.0 Å². The first-order chi connectivity index (χ1) is 19.3. The van der Waals surface area contributed by atoms with Crippen LogP contribution in [0.25, 0.3) is 22.3 Å². The quantitative estimate of drug-likeness (QED) is 0.336. The van der Waals surface area contributed by atoms with Crippen molar-refractivity contribution in [3.63, 3.8) is 0 Å². The molecule has 1 aliphatic heterocycles. The molecule has 8 nitrogen and oxygen atoms in total. The first-order valence-corrected chi connectivity index (χ1v) is 14.1. The second-order valence-corrected chi connectivity index (χ2v) is 11.1. The zero-order valence-electron chi connectivity index (χ0n) is 23.2. The fourth-order valence-electron chi connectivity index (χ4n) is 5.52. The number of nitrogens with zero attached hydrogens (tertiary/aromatic N) is 4. The summed E-state index contributed by atoms with van der Waals surface area (Å²) in [5.74, 6) is 1.23. The lowest BCUT2D eigenvalue weighted by Crippen LogP contribution is -2.45. The van der Waals surface area contributed by atoms with Gasteiger partial charge in [-0.05, 0) is 93.1 Å². The van der Waals surface area contributed by atoms with Gasteiger partial charge in [-0.2, -0.15) is 0 Å². The second kappa shape index (κ2) is 10.9. The Bertz CT molecular complexity index is 1540. The number of benzene rings is 1. The molecule has 3 atom stereocenters. The van der Waals surface area contributed by atoms with Crippen LogP contribution in [0, 0.1) is 0 Å². The molecule has 1 saturated heterocycles. The molecule has 8 heteroatoms. The van der Waals surface area contributed by atoms with Crippen molar-refractivity contribution in [3.8, 4) is 11.4 Å². The number of amides is 1. The average molecular weight is 538 g/mol. The summed E-state index contributed by atoms with van der Waals surface area (Å²) in [6, 6.07) is 17.5. The van der Waals surface area contributed by atoms with E-state index in [-0.39, 0.29) is 24.7 Å². The number of carbonyl (C=O) groups is 1. The van der Waals surface area contributed by atoms with Gasteiger partial charge < -0.3 is 20.1 Å². The Morgan fingerprint density at radius 2 is 1.82 bits per heavy atom. The van der Waals surface area contributed by atoms with E-state index in [4.69, 9.17) is 14.7 Å². The second-order valence-electron chi connectivity index (χ2n) is 11.1. The molecule has 0 unspecified atom stereocenters. The Morgan fingerprint density at radius 3 is 2.58 bits per heavy atom. The Balaban J connectivity index is 1.18. The summed E-state index contributed by atoms with van der Waals surface area (Å²) < 4.78 is 5.88. The number of pyridine rings is 3. The van der Waals surface area contributed by atoms with Gasteiger partial charge in [0.2, 0.25) is 0 Å². The van der Waals surface area contributed by atoms with Crippen molar-refractivity contribution in [3.05, 3.63) is 83.2 Å². The predicted octanol–water partition coefficient (Wildman–Crippen LogP) is 5.17. The van der Waals surface area contributed by atoms with E-state index in [1.54, 1.807) is 13.1 Å². The molecule has 0 radical (unpaired) electrons. The van der Waals surface area contributed by atoms with Gasteiger partial charge in [0, 0.05) is 30.2 Å². The van der Waals surface area contributed by atoms with Crippen molar-refractivity contribution in [1.82, 2.24) is 20.3 Å². The van der Waals surface area contributed by atoms with Crippen molar-refractivity contribution in [2.45, 2.75) is 64.4 Å². The SMILES string of the molecule is C[C@@H]1CN(c2cccc(-c3ccc4cnc(CNC(=O)c5ccc(C6CC6)c([C@H](C)O)c5)cc4n3)n2)C[C@H](C)O1. The fraction of sp³-hybridized carbons (Fsp3) is 0.375. The van der Waals surface area contributed by atoms with Gasteiger partial charge in [-0.3, -0.25) is 9.78 Å². The van der Waals surface area contributed by atoms with Crippen LogP contribution in [0.2, 0.25) is 0 Å². The number of morpholine rings is 1. The highest BCUT2D eigenvalue weighted by molar-refractivity contribution is 5.94. The molecule has 1 aromatic carbocycles. The number of hydrogen-bond donors (Lipinski definition) is 2. The van der Waals surface area contributed by atoms with Crippen molar-refractivity contribution in [2.24, 2.45) is 0 Å². The van der Waals surface area contributed by atoms with Gasteiger partial charge >= 0.3 is 0 Å². The molecule has 2 aliphatic rings. The Kier molecular flexibility index (Phi) is 7.21. The molecule has 6 rings (SSSR count). The van der Waals surface area contributed by atoms with E-state index in [1.807, 2.05) is 54.6 Å². The lowest BCUT2D eigenvalue weighted by atomic mass is 9.96. The van der Waals surface area contributed by atoms with Crippen molar-refractivity contribution in [2.75, 3.05) is 18.0 Å². The zero-order chi connectivity index (χ0) is 27.8. The van der Waals surface area contributed by atoms with Crippen LogP contribution in [0.15, 0.2) is 60.8 Å². The van der Waals surface area contributed by atoms with Gasteiger partial charge in [-0.25, -0.2) is 9.97 Å². The van der Waals surface area contributed by atoms with Crippen LogP contribution in [0.3, 0.4) is 0 Å². The zero-order valence-corrected chi connectivity index (χ0v) is 23.2. The van der Waals surface area contributed by atoms with Crippen LogP contribution in [0.5, 0.6) is 0 Å². The summed E-state index contributed by atoms with van der Waals surface area (Å²) in [6.45, 7) is 7.80. The number of aromatic nitrogens is 3. The number of aliphatic hydroxyl groups is 1. The highest BCUT2D eigenvalue weighted by atomic mass is 16.5. The summed E-state index contributed by atoms with van der Waals surface area (Å²) in [4.78, 5) is 29.5. The Morgan fingerprint density at radius 1 is 1.05 bits per heavy atom. The normalized spacial score (nSPS) is 19.9. The number of ether oxygens (including phenoxy) is 1. The van der Waals surface area contributed by atoms with Crippen LogP contribution < -0.4 is 10.2 Å². The molecule has 1 amide bonds. The van der Waals surface area contributed by atoms with Gasteiger partial charge in [0.05, 0.1) is 47.5 Å². The van der Waals surface area contributed by atoms with Crippen LogP contribution in [-0.2, 0) is 11.3 Å². The van der Waals surface area contributed by atoms with Gasteiger partial charge in [0.25, 0.3) is 5.91 Å². The number of rotatable bonds is 7. The first kappa shape index (κ1) is 26.3. The van der Waals surface area contributed by atoms with Crippen LogP contribution in [0.4, 0.5) is 5.82 Å². The smallest absolute Gasteiger partial charge is 0.251 e. The molecule has 4 heterocycles. The number of aliphatic hydroxyl groups excluding tert-OH is 1. The predicted molar refractivity (Wildman–Crippen MR) is 155 cm³/mol. The lowest BCUT2D eigenvalue weighted by Gasteiger charge is -2.36. The maximum Gasteiger partial charge on any atom is 0.251 e. The summed E-state index contributed by atoms with van der Waals surface area (Å²) in [6.07, 6.45) is 3.76. The van der Waals surface area contributed by atoms with Crippen molar-refractivity contribution < 1.29 is 14.6 Å². The van der Waals surface area contributed by atoms with E-state index in [0.717, 1.165) is 65.2 Å². The maximum atomic E-state index is 12.9. The van der Waals surface area contributed by atoms with Crippen LogP contribution in [-0.4, -0.2) is 51.3 Å². The molecule has 0 bridgehead atoms. The summed E-state index contributed by atoms with van der Waals surface area (Å²) in [5, 5.41) is 14.1. The fourth-order valence-corrected chi connectivity index (χ4v) is 5.52. The number of nitrogens with one attached hydrogen (secondary N) is 1. The Hall–Kier alpha value is -3.88. The first-order valence-electron chi connectivity index (χ1n) is 14.1. The third-order valence-corrected chi connectivity index (χ3v) is 7.62. The number of fused-ring (bicyclic) bond motifs is 1. The van der Waals surface area contributed by atoms with E-state index in [9.17, 15) is 9.90 Å². The van der Waals surface area contributed by atoms with E-state index in [0.29, 0.717) is 17.2 Å². The summed E-state index contributed by atoms with van der Waals surface area (Å²) >= 11 is 0. The molecular weight excluding hydrogens is 502 g/mol. The largest absolute Gasteiger partial charge is 0.389 e. The molecule has 206 valence electrons. The minimum atomic E-state index is -0.609. The highest BCUT2D eigenvalue weighted by Crippen LogP contribution is 2.43. The molecule has 2 fully saturated rings. The van der Waals surface area contributed by atoms with Crippen molar-refractivity contribution in [1.29, 1.82) is 0 Å². The third-order valence-electron chi connectivity index (χ3n) is 7.62. The lowest BCUT2D eigenvalue weighted by molar-refractivity contribution is -0.00545.